The molecule has 1 aromatic carbocycles. The summed E-state index contributed by atoms with van der Waals surface area (Å²) in [6.45, 7) is 5.64. The zero-order chi connectivity index (χ0) is 16.1. The van der Waals surface area contributed by atoms with Crippen LogP contribution in [0, 0.1) is 13.3 Å². The van der Waals surface area contributed by atoms with Crippen molar-refractivity contribution in [2.75, 3.05) is 19.8 Å². The zero-order valence-corrected chi connectivity index (χ0v) is 13.4. The fraction of sp³-hybridized carbons (Fsp3) is 0.333. The molecule has 23 heavy (non-hydrogen) atoms. The summed E-state index contributed by atoms with van der Waals surface area (Å²) < 4.78 is 13.3. The van der Waals surface area contributed by atoms with Gasteiger partial charge < -0.3 is 9.47 Å². The van der Waals surface area contributed by atoms with Gasteiger partial charge in [0.05, 0.1) is 29.9 Å². The summed E-state index contributed by atoms with van der Waals surface area (Å²) >= 11 is 0. The number of hydrogen-bond acceptors (Lipinski definition) is 4. The summed E-state index contributed by atoms with van der Waals surface area (Å²) in [5.74, 6) is 0. The number of hydrogen-bond donors (Lipinski definition) is 0. The number of nitrogens with zero attached hydrogens (tertiary/aromatic N) is 3. The van der Waals surface area contributed by atoms with Gasteiger partial charge in [0.25, 0.3) is 0 Å². The van der Waals surface area contributed by atoms with E-state index < -0.39 is 0 Å². The highest BCUT2D eigenvalue weighted by Crippen LogP contribution is 2.23. The largest absolute Gasteiger partial charge is 0.379 e. The van der Waals surface area contributed by atoms with Crippen molar-refractivity contribution >= 4 is 11.0 Å². The van der Waals surface area contributed by atoms with Crippen LogP contribution in [0.1, 0.15) is 24.5 Å². The fourth-order valence-electron chi connectivity index (χ4n) is 2.46. The number of rotatable bonds is 7. The molecule has 1 atom stereocenters. The normalized spacial score (nSPS) is 12.6. The summed E-state index contributed by atoms with van der Waals surface area (Å²) in [6, 6.07) is 13.8. The number of imidazole rings is 1. The van der Waals surface area contributed by atoms with Crippen LogP contribution in [-0.2, 0) is 9.47 Å². The molecular weight excluding hydrogens is 290 g/mol. The molecule has 0 N–H and O–H groups in total. The van der Waals surface area contributed by atoms with Crippen molar-refractivity contribution in [3.63, 3.8) is 0 Å². The van der Waals surface area contributed by atoms with Crippen LogP contribution in [0.2, 0.25) is 0 Å². The molecule has 0 aliphatic heterocycles. The van der Waals surface area contributed by atoms with E-state index in [1.807, 2.05) is 60.9 Å². The Labute approximate surface area is 135 Å². The summed E-state index contributed by atoms with van der Waals surface area (Å²) in [7, 11) is 0. The second-order valence-corrected chi connectivity index (χ2v) is 5.19. The van der Waals surface area contributed by atoms with E-state index in [0.29, 0.717) is 19.8 Å². The van der Waals surface area contributed by atoms with Gasteiger partial charge in [-0.2, -0.15) is 0 Å². The van der Waals surface area contributed by atoms with Crippen LogP contribution in [0.5, 0.6) is 0 Å². The molecule has 5 heteroatoms. The minimum atomic E-state index is -0.372. The lowest BCUT2D eigenvalue weighted by Crippen LogP contribution is -2.18. The van der Waals surface area contributed by atoms with E-state index in [0.717, 1.165) is 22.4 Å². The number of para-hydroxylation sites is 2. The monoisotopic (exact) mass is 310 g/mol. The van der Waals surface area contributed by atoms with Crippen LogP contribution in [0.25, 0.3) is 11.0 Å². The van der Waals surface area contributed by atoms with Crippen molar-refractivity contribution in [2.45, 2.75) is 20.1 Å². The molecule has 0 aliphatic rings. The molecule has 0 bridgehead atoms. The number of benzene rings is 1. The molecule has 5 nitrogen and oxygen atoms in total. The molecule has 3 aromatic rings. The first-order valence-corrected chi connectivity index (χ1v) is 7.77. The molecule has 3 rings (SSSR count). The maximum absolute atomic E-state index is 6.04. The molecule has 1 radical (unpaired) electrons. The van der Waals surface area contributed by atoms with Crippen LogP contribution in [-0.4, -0.2) is 34.4 Å². The number of aromatic nitrogens is 3. The lowest BCUT2D eigenvalue weighted by Gasteiger charge is -2.19. The van der Waals surface area contributed by atoms with Crippen LogP contribution in [0.4, 0.5) is 0 Å². The van der Waals surface area contributed by atoms with E-state index >= 15 is 0 Å². The number of pyridine rings is 1. The second-order valence-electron chi connectivity index (χ2n) is 5.19. The second kappa shape index (κ2) is 7.35. The standard InChI is InChI=1S/C18H20N3O2/c1-3-22-11-12-23-18(16-9-6-7-14(2)20-16)21-13-19-15-8-4-5-10-17(15)21/h4-10,18H,3,11-12H2,1-2H3. The topological polar surface area (TPSA) is 49.2 Å². The molecule has 0 saturated heterocycles. The summed E-state index contributed by atoms with van der Waals surface area (Å²) in [4.78, 5) is 8.93. The molecule has 0 saturated carbocycles. The van der Waals surface area contributed by atoms with Gasteiger partial charge in [0.15, 0.2) is 12.6 Å². The van der Waals surface area contributed by atoms with Crippen molar-refractivity contribution < 1.29 is 9.47 Å². The molecule has 2 heterocycles. The van der Waals surface area contributed by atoms with Crippen molar-refractivity contribution in [1.82, 2.24) is 14.5 Å². The Hall–Kier alpha value is -2.24. The van der Waals surface area contributed by atoms with Crippen molar-refractivity contribution in [2.24, 2.45) is 0 Å². The van der Waals surface area contributed by atoms with E-state index in [9.17, 15) is 0 Å². The number of ether oxygens (including phenoxy) is 2. The lowest BCUT2D eigenvalue weighted by atomic mass is 10.2. The first kappa shape index (κ1) is 15.6. The highest BCUT2D eigenvalue weighted by atomic mass is 16.5. The third kappa shape index (κ3) is 3.57. The quantitative estimate of drug-likeness (QED) is 0.629. The lowest BCUT2D eigenvalue weighted by molar-refractivity contribution is -0.00762. The van der Waals surface area contributed by atoms with Gasteiger partial charge in [0.2, 0.25) is 0 Å². The van der Waals surface area contributed by atoms with Gasteiger partial charge >= 0.3 is 0 Å². The molecule has 0 aliphatic carbocycles. The molecular formula is C18H20N3O2. The van der Waals surface area contributed by atoms with E-state index in [1.54, 1.807) is 0 Å². The van der Waals surface area contributed by atoms with Gasteiger partial charge in [0.1, 0.15) is 0 Å². The van der Waals surface area contributed by atoms with Crippen LogP contribution >= 0.6 is 0 Å². The van der Waals surface area contributed by atoms with E-state index in [2.05, 4.69) is 16.3 Å². The molecule has 2 aromatic heterocycles. The predicted octanol–water partition coefficient (Wildman–Crippen LogP) is 3.14. The van der Waals surface area contributed by atoms with Crippen LogP contribution < -0.4 is 0 Å². The van der Waals surface area contributed by atoms with Crippen LogP contribution in [0.3, 0.4) is 0 Å². The Kier molecular flexibility index (Phi) is 5.00. The van der Waals surface area contributed by atoms with Gasteiger partial charge in [-0.1, -0.05) is 18.2 Å². The Morgan fingerprint density at radius 1 is 1.13 bits per heavy atom. The van der Waals surface area contributed by atoms with Crippen molar-refractivity contribution in [1.29, 1.82) is 0 Å². The fourth-order valence-corrected chi connectivity index (χ4v) is 2.46. The highest BCUT2D eigenvalue weighted by molar-refractivity contribution is 5.75. The third-order valence-corrected chi connectivity index (χ3v) is 3.52. The van der Waals surface area contributed by atoms with Crippen LogP contribution in [0.15, 0.2) is 42.5 Å². The van der Waals surface area contributed by atoms with E-state index in [4.69, 9.17) is 9.47 Å². The smallest absolute Gasteiger partial charge is 0.180 e. The molecule has 0 spiro atoms. The Bertz CT molecular complexity index is 770. The highest BCUT2D eigenvalue weighted by Gasteiger charge is 2.18. The third-order valence-electron chi connectivity index (χ3n) is 3.52. The Morgan fingerprint density at radius 3 is 2.83 bits per heavy atom. The van der Waals surface area contributed by atoms with E-state index in [1.165, 1.54) is 0 Å². The average Bonchev–Trinajstić information content (AvgIpc) is 2.99. The Morgan fingerprint density at radius 2 is 2.00 bits per heavy atom. The number of aryl methyl sites for hydroxylation is 1. The molecule has 119 valence electrons. The van der Waals surface area contributed by atoms with Gasteiger partial charge in [0, 0.05) is 12.3 Å². The summed E-state index contributed by atoms with van der Waals surface area (Å²) in [5.41, 5.74) is 3.64. The van der Waals surface area contributed by atoms with Gasteiger partial charge in [-0.25, -0.2) is 4.98 Å². The predicted molar refractivity (Wildman–Crippen MR) is 88.1 cm³/mol. The molecule has 0 fully saturated rings. The van der Waals surface area contributed by atoms with Gasteiger partial charge in [-0.15, -0.1) is 0 Å². The minimum Gasteiger partial charge on any atom is -0.379 e. The van der Waals surface area contributed by atoms with E-state index in [-0.39, 0.29) is 6.23 Å². The van der Waals surface area contributed by atoms with Crippen molar-refractivity contribution in [3.8, 4) is 0 Å². The van der Waals surface area contributed by atoms with Gasteiger partial charge in [-0.3, -0.25) is 9.55 Å². The SMILES string of the molecule is CCOCCOC(c1cccc(C)n1)n1[c]nc2ccccc21. The summed E-state index contributed by atoms with van der Waals surface area (Å²) in [6.07, 6.45) is 2.66. The van der Waals surface area contributed by atoms with Gasteiger partial charge in [-0.05, 0) is 38.1 Å². The molecule has 1 unspecified atom stereocenters. The zero-order valence-electron chi connectivity index (χ0n) is 13.4. The molecule has 0 amide bonds. The minimum absolute atomic E-state index is 0.372. The maximum Gasteiger partial charge on any atom is 0.180 e. The first-order chi connectivity index (χ1) is 11.3. The summed E-state index contributed by atoms with van der Waals surface area (Å²) in [5, 5.41) is 0. The number of fused-ring (bicyclic) bond motifs is 1. The average molecular weight is 310 g/mol. The Balaban J connectivity index is 1.94. The van der Waals surface area contributed by atoms with Crippen molar-refractivity contribution in [3.05, 3.63) is 60.2 Å². The first-order valence-electron chi connectivity index (χ1n) is 7.77. The maximum atomic E-state index is 6.04.